The number of primary amides is 1. The minimum atomic E-state index is -4.52. The molecule has 0 aliphatic carbocycles. The first-order chi connectivity index (χ1) is 16.0. The van der Waals surface area contributed by atoms with Crippen molar-refractivity contribution < 1.29 is 22.7 Å². The smallest absolute Gasteiger partial charge is 0.417 e. The Bertz CT molecular complexity index is 1090. The molecule has 1 amide bonds. The molecule has 2 aromatic heterocycles. The van der Waals surface area contributed by atoms with Crippen LogP contribution in [0, 0.1) is 5.92 Å². The fourth-order valence-electron chi connectivity index (χ4n) is 3.91. The average molecular weight is 492 g/mol. The molecule has 3 unspecified atom stereocenters. The number of rotatable bonds is 9. The third-order valence-electron chi connectivity index (χ3n) is 5.79. The third-order valence-corrected chi connectivity index (χ3v) is 6.05. The number of hydrogen-bond donors (Lipinski definition) is 1. The van der Waals surface area contributed by atoms with Gasteiger partial charge in [-0.3, -0.25) is 9.78 Å². The van der Waals surface area contributed by atoms with Gasteiger partial charge in [0.1, 0.15) is 0 Å². The van der Waals surface area contributed by atoms with Gasteiger partial charge in [-0.1, -0.05) is 36.7 Å². The van der Waals surface area contributed by atoms with Gasteiger partial charge in [-0.05, 0) is 67.0 Å². The van der Waals surface area contributed by atoms with Gasteiger partial charge in [-0.2, -0.15) is 13.2 Å². The van der Waals surface area contributed by atoms with E-state index in [9.17, 15) is 18.0 Å². The number of amides is 1. The molecule has 0 radical (unpaired) electrons. The van der Waals surface area contributed by atoms with E-state index in [2.05, 4.69) is 9.97 Å². The van der Waals surface area contributed by atoms with E-state index < -0.39 is 23.2 Å². The lowest BCUT2D eigenvalue weighted by atomic mass is 9.77. The molecule has 0 bridgehead atoms. The van der Waals surface area contributed by atoms with Crippen LogP contribution in [0.25, 0.3) is 0 Å². The number of benzene rings is 1. The summed E-state index contributed by atoms with van der Waals surface area (Å²) in [6.45, 7) is 3.49. The number of carbonyl (C=O) groups is 1. The van der Waals surface area contributed by atoms with Crippen LogP contribution in [0.2, 0.25) is 5.02 Å². The molecule has 0 aliphatic rings. The molecule has 2 heterocycles. The number of hydrogen-bond acceptors (Lipinski definition) is 4. The van der Waals surface area contributed by atoms with Crippen molar-refractivity contribution in [2.75, 3.05) is 0 Å². The molecule has 1 aromatic carbocycles. The van der Waals surface area contributed by atoms with Crippen molar-refractivity contribution in [1.29, 1.82) is 0 Å². The van der Waals surface area contributed by atoms with E-state index >= 15 is 0 Å². The Kier molecular flexibility index (Phi) is 7.82. The predicted molar refractivity (Wildman–Crippen MR) is 123 cm³/mol. The molecule has 9 heteroatoms. The number of nitrogens with zero attached hydrogens (tertiary/aromatic N) is 2. The fourth-order valence-corrected chi connectivity index (χ4v) is 4.03. The first kappa shape index (κ1) is 25.5. The van der Waals surface area contributed by atoms with Crippen molar-refractivity contribution >= 4 is 17.5 Å². The zero-order chi connectivity index (χ0) is 24.9. The SMILES string of the molecule is CC(CC(C)(Oc1ccc(C(F)(F)F)cn1)C(N)=O)C(Cc1ccc(Cl)cc1)c1cccnc1. The zero-order valence-corrected chi connectivity index (χ0v) is 19.5. The zero-order valence-electron chi connectivity index (χ0n) is 18.7. The fraction of sp³-hybridized carbons (Fsp3) is 0.320. The van der Waals surface area contributed by atoms with Gasteiger partial charge in [0.15, 0.2) is 5.60 Å². The summed E-state index contributed by atoms with van der Waals surface area (Å²) in [5.41, 5.74) is 5.30. The standard InChI is InChI=1S/C25H25ClF3N3O2/c1-16(21(18-4-3-11-31-14-18)12-17-5-8-20(26)9-6-17)13-24(2,23(30)33)34-22-10-7-19(15-32-22)25(27,28)29/h3-11,14-16,21H,12-13H2,1-2H3,(H2,30,33). The Hall–Kier alpha value is -3.13. The topological polar surface area (TPSA) is 78.1 Å². The summed E-state index contributed by atoms with van der Waals surface area (Å²) in [7, 11) is 0. The minimum Gasteiger partial charge on any atom is -0.461 e. The first-order valence-corrected chi connectivity index (χ1v) is 11.0. The summed E-state index contributed by atoms with van der Waals surface area (Å²) >= 11 is 6.02. The summed E-state index contributed by atoms with van der Waals surface area (Å²) in [6, 6.07) is 13.2. The van der Waals surface area contributed by atoms with E-state index in [-0.39, 0.29) is 24.1 Å². The van der Waals surface area contributed by atoms with Gasteiger partial charge >= 0.3 is 6.18 Å². The Balaban J connectivity index is 1.84. The van der Waals surface area contributed by atoms with E-state index in [1.54, 1.807) is 12.4 Å². The summed E-state index contributed by atoms with van der Waals surface area (Å²) in [6.07, 6.45) is 0.456. The number of ether oxygens (including phenoxy) is 1. The lowest BCUT2D eigenvalue weighted by Crippen LogP contribution is -2.48. The second kappa shape index (κ2) is 10.4. The highest BCUT2D eigenvalue weighted by Crippen LogP contribution is 2.36. The minimum absolute atomic E-state index is 0.0438. The van der Waals surface area contributed by atoms with Crippen LogP contribution >= 0.6 is 11.6 Å². The maximum Gasteiger partial charge on any atom is 0.417 e. The van der Waals surface area contributed by atoms with E-state index in [1.165, 1.54) is 6.92 Å². The summed E-state index contributed by atoms with van der Waals surface area (Å²) < 4.78 is 44.3. The maximum absolute atomic E-state index is 12.8. The average Bonchev–Trinajstić information content (AvgIpc) is 2.78. The van der Waals surface area contributed by atoms with Crippen LogP contribution in [-0.2, 0) is 17.4 Å². The Morgan fingerprint density at radius 2 is 1.82 bits per heavy atom. The van der Waals surface area contributed by atoms with E-state index in [0.29, 0.717) is 17.6 Å². The summed E-state index contributed by atoms with van der Waals surface area (Å²) in [4.78, 5) is 20.4. The molecule has 0 saturated carbocycles. The summed E-state index contributed by atoms with van der Waals surface area (Å²) in [5.74, 6) is -1.01. The van der Waals surface area contributed by atoms with Crippen LogP contribution in [0.4, 0.5) is 13.2 Å². The molecule has 0 saturated heterocycles. The van der Waals surface area contributed by atoms with Crippen molar-refractivity contribution in [1.82, 2.24) is 9.97 Å². The van der Waals surface area contributed by atoms with E-state index in [1.807, 2.05) is 43.3 Å². The number of nitrogens with two attached hydrogens (primary N) is 1. The van der Waals surface area contributed by atoms with Gasteiger partial charge in [-0.15, -0.1) is 0 Å². The Morgan fingerprint density at radius 1 is 1.12 bits per heavy atom. The van der Waals surface area contributed by atoms with Crippen LogP contribution in [0.3, 0.4) is 0 Å². The molecular formula is C25H25ClF3N3O2. The van der Waals surface area contributed by atoms with Gasteiger partial charge < -0.3 is 10.5 Å². The lowest BCUT2D eigenvalue weighted by Gasteiger charge is -2.33. The molecule has 0 aliphatic heterocycles. The summed E-state index contributed by atoms with van der Waals surface area (Å²) in [5, 5.41) is 0.633. The van der Waals surface area contributed by atoms with Crippen LogP contribution in [0.1, 0.15) is 42.9 Å². The number of halogens is 4. The quantitative estimate of drug-likeness (QED) is 0.409. The molecule has 180 valence electrons. The molecule has 0 spiro atoms. The Labute approximate surface area is 201 Å². The highest BCUT2D eigenvalue weighted by Gasteiger charge is 2.38. The van der Waals surface area contributed by atoms with Gasteiger partial charge in [0, 0.05) is 29.7 Å². The predicted octanol–water partition coefficient (Wildman–Crippen LogP) is 5.82. The van der Waals surface area contributed by atoms with Crippen molar-refractivity contribution in [2.45, 2.75) is 44.4 Å². The van der Waals surface area contributed by atoms with E-state index in [4.69, 9.17) is 22.1 Å². The molecule has 3 atom stereocenters. The van der Waals surface area contributed by atoms with Gasteiger partial charge in [-0.25, -0.2) is 4.98 Å². The molecule has 34 heavy (non-hydrogen) atoms. The molecule has 0 fully saturated rings. The maximum atomic E-state index is 12.8. The monoisotopic (exact) mass is 491 g/mol. The van der Waals surface area contributed by atoms with Crippen LogP contribution in [0.15, 0.2) is 67.1 Å². The molecule has 3 aromatic rings. The van der Waals surface area contributed by atoms with Crippen LogP contribution in [0.5, 0.6) is 5.88 Å². The first-order valence-electron chi connectivity index (χ1n) is 10.6. The second-order valence-electron chi connectivity index (χ2n) is 8.48. The molecular weight excluding hydrogens is 467 g/mol. The second-order valence-corrected chi connectivity index (χ2v) is 8.92. The van der Waals surface area contributed by atoms with Crippen LogP contribution in [-0.4, -0.2) is 21.5 Å². The van der Waals surface area contributed by atoms with Crippen molar-refractivity contribution in [3.05, 3.63) is 88.8 Å². The van der Waals surface area contributed by atoms with Crippen molar-refractivity contribution in [3.63, 3.8) is 0 Å². The highest BCUT2D eigenvalue weighted by atomic mass is 35.5. The lowest BCUT2D eigenvalue weighted by molar-refractivity contribution is -0.138. The van der Waals surface area contributed by atoms with Gasteiger partial charge in [0.2, 0.25) is 5.88 Å². The molecule has 5 nitrogen and oxygen atoms in total. The van der Waals surface area contributed by atoms with Crippen molar-refractivity contribution in [2.24, 2.45) is 11.7 Å². The normalized spacial score (nSPS) is 15.2. The number of pyridine rings is 2. The third kappa shape index (κ3) is 6.47. The Morgan fingerprint density at radius 3 is 2.35 bits per heavy atom. The van der Waals surface area contributed by atoms with Crippen molar-refractivity contribution in [3.8, 4) is 5.88 Å². The molecule has 2 N–H and O–H groups in total. The number of carbonyl (C=O) groups excluding carboxylic acids is 1. The van der Waals surface area contributed by atoms with Gasteiger partial charge in [0.25, 0.3) is 5.91 Å². The number of aromatic nitrogens is 2. The van der Waals surface area contributed by atoms with Gasteiger partial charge in [0.05, 0.1) is 5.56 Å². The molecule has 3 rings (SSSR count). The highest BCUT2D eigenvalue weighted by molar-refractivity contribution is 6.30. The number of alkyl halides is 3. The van der Waals surface area contributed by atoms with E-state index in [0.717, 1.165) is 23.3 Å². The van der Waals surface area contributed by atoms with Crippen LogP contribution < -0.4 is 10.5 Å². The largest absolute Gasteiger partial charge is 0.461 e.